The molecule has 0 spiro atoms. The average molecular weight is 318 g/mol. The quantitative estimate of drug-likeness (QED) is 0.658. The van der Waals surface area contributed by atoms with Crippen molar-refractivity contribution in [3.8, 4) is 10.7 Å². The lowest BCUT2D eigenvalue weighted by Gasteiger charge is -2.03. The molecule has 0 fully saturated rings. The highest BCUT2D eigenvalue weighted by molar-refractivity contribution is 7.17. The van der Waals surface area contributed by atoms with Crippen molar-refractivity contribution < 1.29 is 4.79 Å². The highest BCUT2D eigenvalue weighted by Gasteiger charge is 2.19. The van der Waals surface area contributed by atoms with Gasteiger partial charge < -0.3 is 4.57 Å². The Kier molecular flexibility index (Phi) is 3.13. The zero-order chi connectivity index (χ0) is 16.2. The molecule has 3 heterocycles. The van der Waals surface area contributed by atoms with Gasteiger partial charge in [0, 0.05) is 21.1 Å². The number of hydrogen-bond acceptors (Lipinski definition) is 5. The minimum Gasteiger partial charge on any atom is -0.321 e. The molecule has 0 bridgehead atoms. The first-order valence-electron chi connectivity index (χ1n) is 6.56. The minimum atomic E-state index is -0.419. The van der Waals surface area contributed by atoms with Gasteiger partial charge in [0.1, 0.15) is 0 Å². The molecular formula is C14H14N4O3S. The maximum Gasteiger partial charge on any atom is 0.332 e. The summed E-state index contributed by atoms with van der Waals surface area (Å²) in [4.78, 5) is 41.6. The summed E-state index contributed by atoms with van der Waals surface area (Å²) in [5.74, 6) is 0.545. The number of rotatable bonds is 2. The fourth-order valence-corrected chi connectivity index (χ4v) is 3.31. The molecule has 0 radical (unpaired) electrons. The zero-order valence-corrected chi connectivity index (χ0v) is 13.4. The second-order valence-corrected chi connectivity index (χ2v) is 6.18. The number of aryl methyl sites for hydroxylation is 2. The molecule has 0 amide bonds. The lowest BCUT2D eigenvalue weighted by molar-refractivity contribution is 0.102. The van der Waals surface area contributed by atoms with Crippen molar-refractivity contribution in [2.24, 2.45) is 21.1 Å². The lowest BCUT2D eigenvalue weighted by Crippen LogP contribution is -2.37. The summed E-state index contributed by atoms with van der Waals surface area (Å²) in [6.07, 6.45) is 0. The van der Waals surface area contributed by atoms with Crippen molar-refractivity contribution in [2.45, 2.75) is 6.92 Å². The molecule has 3 aromatic heterocycles. The number of ketones is 1. The number of thiophene rings is 1. The van der Waals surface area contributed by atoms with Crippen LogP contribution < -0.4 is 11.2 Å². The van der Waals surface area contributed by atoms with E-state index in [1.165, 1.54) is 29.9 Å². The molecule has 8 heteroatoms. The Morgan fingerprint density at radius 3 is 2.36 bits per heavy atom. The normalized spacial score (nSPS) is 11.3. The van der Waals surface area contributed by atoms with Crippen LogP contribution in [0.15, 0.2) is 21.7 Å². The van der Waals surface area contributed by atoms with Crippen molar-refractivity contribution >= 4 is 28.3 Å². The minimum absolute atomic E-state index is 0.0154. The number of hydrogen-bond donors (Lipinski definition) is 0. The monoisotopic (exact) mass is 318 g/mol. The number of nitrogens with zero attached hydrogens (tertiary/aromatic N) is 4. The van der Waals surface area contributed by atoms with Crippen LogP contribution in [0.1, 0.15) is 16.6 Å². The third-order valence-corrected chi connectivity index (χ3v) is 4.83. The summed E-state index contributed by atoms with van der Waals surface area (Å²) >= 11 is 1.31. The highest BCUT2D eigenvalue weighted by atomic mass is 32.1. The first-order valence-corrected chi connectivity index (χ1v) is 7.38. The second kappa shape index (κ2) is 4.77. The molecule has 0 aromatic carbocycles. The number of Topliss-reactive ketones (excluding diaryl/α,β-unsaturated/α-hetero) is 1. The fourth-order valence-electron chi connectivity index (χ4n) is 2.39. The molecule has 3 rings (SSSR count). The van der Waals surface area contributed by atoms with Gasteiger partial charge in [-0.3, -0.25) is 18.7 Å². The van der Waals surface area contributed by atoms with E-state index in [9.17, 15) is 14.4 Å². The lowest BCUT2D eigenvalue weighted by atomic mass is 10.3. The second-order valence-electron chi connectivity index (χ2n) is 5.09. The molecule has 7 nitrogen and oxygen atoms in total. The number of fused-ring (bicyclic) bond motifs is 1. The van der Waals surface area contributed by atoms with Gasteiger partial charge in [-0.1, -0.05) is 0 Å². The van der Waals surface area contributed by atoms with E-state index in [1.807, 2.05) is 0 Å². The molecule has 0 aliphatic carbocycles. The predicted octanol–water partition coefficient (Wildman–Crippen LogP) is 0.902. The van der Waals surface area contributed by atoms with E-state index in [2.05, 4.69) is 4.98 Å². The molecule has 0 atom stereocenters. The van der Waals surface area contributed by atoms with Gasteiger partial charge in [-0.2, -0.15) is 0 Å². The smallest absolute Gasteiger partial charge is 0.321 e. The van der Waals surface area contributed by atoms with Gasteiger partial charge in [-0.15, -0.1) is 11.3 Å². The van der Waals surface area contributed by atoms with Crippen molar-refractivity contribution in [1.82, 2.24) is 18.7 Å². The Morgan fingerprint density at radius 1 is 1.09 bits per heavy atom. The number of imidazole rings is 1. The molecule has 0 aliphatic rings. The molecular weight excluding hydrogens is 304 g/mol. The summed E-state index contributed by atoms with van der Waals surface area (Å²) in [5.41, 5.74) is -0.110. The summed E-state index contributed by atoms with van der Waals surface area (Å²) in [6.45, 7) is 1.50. The van der Waals surface area contributed by atoms with Crippen molar-refractivity contribution in [1.29, 1.82) is 0 Å². The molecule has 0 N–H and O–H groups in total. The SMILES string of the molecule is CC(=O)c1ccc(-c2nc3c(c(=O)n(C)c(=O)n3C)n2C)s1. The predicted molar refractivity (Wildman–Crippen MR) is 84.5 cm³/mol. The van der Waals surface area contributed by atoms with Crippen LogP contribution in [0.4, 0.5) is 0 Å². The van der Waals surface area contributed by atoms with Gasteiger partial charge in [0.2, 0.25) is 0 Å². The Labute approximate surface area is 129 Å². The third kappa shape index (κ3) is 1.87. The Bertz CT molecular complexity index is 1030. The largest absolute Gasteiger partial charge is 0.332 e. The zero-order valence-electron chi connectivity index (χ0n) is 12.6. The van der Waals surface area contributed by atoms with E-state index in [0.29, 0.717) is 21.9 Å². The molecule has 3 aromatic rings. The van der Waals surface area contributed by atoms with Crippen LogP contribution in [0.3, 0.4) is 0 Å². The fraction of sp³-hybridized carbons (Fsp3) is 0.286. The first kappa shape index (κ1) is 14.5. The molecule has 114 valence electrons. The van der Waals surface area contributed by atoms with E-state index < -0.39 is 5.69 Å². The van der Waals surface area contributed by atoms with Gasteiger partial charge in [-0.25, -0.2) is 9.78 Å². The summed E-state index contributed by atoms with van der Waals surface area (Å²) in [7, 11) is 4.75. The Balaban J connectivity index is 2.37. The molecule has 22 heavy (non-hydrogen) atoms. The van der Waals surface area contributed by atoms with Gasteiger partial charge >= 0.3 is 5.69 Å². The van der Waals surface area contributed by atoms with Crippen LogP contribution in [0.5, 0.6) is 0 Å². The van der Waals surface area contributed by atoms with Crippen molar-refractivity contribution in [2.75, 3.05) is 0 Å². The number of carbonyl (C=O) groups excluding carboxylic acids is 1. The van der Waals surface area contributed by atoms with Crippen LogP contribution in [0, 0.1) is 0 Å². The van der Waals surface area contributed by atoms with Crippen molar-refractivity contribution in [3.05, 3.63) is 37.8 Å². The van der Waals surface area contributed by atoms with Crippen molar-refractivity contribution in [3.63, 3.8) is 0 Å². The molecule has 0 saturated heterocycles. The molecule has 0 unspecified atom stereocenters. The van der Waals surface area contributed by atoms with Crippen LogP contribution in [-0.2, 0) is 21.1 Å². The average Bonchev–Trinajstić information content (AvgIpc) is 3.07. The highest BCUT2D eigenvalue weighted by Crippen LogP contribution is 2.28. The van der Waals surface area contributed by atoms with Crippen LogP contribution >= 0.6 is 11.3 Å². The van der Waals surface area contributed by atoms with Gasteiger partial charge in [0.25, 0.3) is 5.56 Å². The van der Waals surface area contributed by atoms with E-state index in [-0.39, 0.29) is 11.3 Å². The van der Waals surface area contributed by atoms with E-state index in [1.54, 1.807) is 30.8 Å². The molecule has 0 aliphatic heterocycles. The third-order valence-electron chi connectivity index (χ3n) is 3.65. The van der Waals surface area contributed by atoms with Gasteiger partial charge in [0.15, 0.2) is 22.8 Å². The van der Waals surface area contributed by atoms with E-state index >= 15 is 0 Å². The van der Waals surface area contributed by atoms with Gasteiger partial charge in [-0.05, 0) is 19.1 Å². The molecule has 0 saturated carbocycles. The summed E-state index contributed by atoms with van der Waals surface area (Å²) < 4.78 is 4.07. The van der Waals surface area contributed by atoms with Crippen LogP contribution in [0.2, 0.25) is 0 Å². The van der Waals surface area contributed by atoms with Crippen LogP contribution in [-0.4, -0.2) is 24.5 Å². The first-order chi connectivity index (χ1) is 10.3. The van der Waals surface area contributed by atoms with Crippen LogP contribution in [0.25, 0.3) is 21.9 Å². The number of aromatic nitrogens is 4. The van der Waals surface area contributed by atoms with Gasteiger partial charge in [0.05, 0.1) is 9.75 Å². The maximum absolute atomic E-state index is 12.3. The standard InChI is InChI=1S/C14H14N4O3S/c1-7(19)8-5-6-9(22-8)11-15-12-10(16(11)2)13(20)18(4)14(21)17(12)3/h5-6H,1-4H3. The summed E-state index contributed by atoms with van der Waals surface area (Å²) in [5, 5.41) is 0. The van der Waals surface area contributed by atoms with E-state index in [0.717, 1.165) is 9.44 Å². The Morgan fingerprint density at radius 2 is 1.77 bits per heavy atom. The van der Waals surface area contributed by atoms with E-state index in [4.69, 9.17) is 0 Å². The number of carbonyl (C=O) groups is 1. The maximum atomic E-state index is 12.3. The Hall–Kier alpha value is -2.48. The topological polar surface area (TPSA) is 78.9 Å². The summed E-state index contributed by atoms with van der Waals surface area (Å²) in [6, 6.07) is 3.53.